The second kappa shape index (κ2) is 6.56. The summed E-state index contributed by atoms with van der Waals surface area (Å²) in [6.07, 6.45) is 0. The summed E-state index contributed by atoms with van der Waals surface area (Å²) in [7, 11) is -4.51. The highest BCUT2D eigenvalue weighted by atomic mass is 32.2. The number of benzene rings is 4. The zero-order valence-electron chi connectivity index (χ0n) is 15.7. The zero-order chi connectivity index (χ0) is 21.3. The molecule has 0 amide bonds. The minimum Gasteiger partial charge on any atom is -0.218 e. The molecule has 0 atom stereocenters. The molecular weight excluding hydrogens is 454 g/mol. The van der Waals surface area contributed by atoms with Gasteiger partial charge in [0, 0.05) is 40.3 Å². The van der Waals surface area contributed by atoms with E-state index in [4.69, 9.17) is 0 Å². The van der Waals surface area contributed by atoms with E-state index >= 15 is 8.78 Å². The summed E-state index contributed by atoms with van der Waals surface area (Å²) in [5.41, 5.74) is 0. The lowest BCUT2D eigenvalue weighted by Gasteiger charge is -2.11. The Morgan fingerprint density at radius 2 is 0.968 bits per heavy atom. The molecule has 0 radical (unpaired) electrons. The van der Waals surface area contributed by atoms with Crippen molar-refractivity contribution < 1.29 is 17.2 Å². The molecule has 7 heteroatoms. The first-order valence-electron chi connectivity index (χ1n) is 9.41. The maximum Gasteiger partial charge on any atom is 0.213 e. The number of rotatable bonds is 2. The second-order valence-corrected chi connectivity index (χ2v) is 11.2. The van der Waals surface area contributed by atoms with E-state index in [0.29, 0.717) is 30.9 Å². The molecule has 31 heavy (non-hydrogen) atoms. The van der Waals surface area contributed by atoms with Crippen molar-refractivity contribution in [1.82, 2.24) is 0 Å². The average Bonchev–Trinajstić information content (AvgIpc) is 3.31. The maximum absolute atomic E-state index is 15.2. The standard InChI is InChI=1S/C24H12F2O2S3/c25-15-9-11-19-21(13-5-1-3-7-17(13)29-19)23(15)31(27,28)24-16(26)10-12-20-22(24)14-6-2-4-8-18(14)30-20/h1-12H. The van der Waals surface area contributed by atoms with Crippen molar-refractivity contribution in [2.24, 2.45) is 0 Å². The molecule has 0 spiro atoms. The summed E-state index contributed by atoms with van der Waals surface area (Å²) in [6, 6.07) is 20.0. The molecule has 6 rings (SSSR count). The third-order valence-electron chi connectivity index (χ3n) is 5.43. The quantitative estimate of drug-likeness (QED) is 0.264. The third-order valence-corrected chi connectivity index (χ3v) is 9.58. The van der Waals surface area contributed by atoms with Crippen LogP contribution in [0.15, 0.2) is 82.6 Å². The van der Waals surface area contributed by atoms with Gasteiger partial charge in [0.2, 0.25) is 9.84 Å². The van der Waals surface area contributed by atoms with Gasteiger partial charge in [-0.2, -0.15) is 0 Å². The Balaban J connectivity index is 1.81. The molecule has 0 saturated heterocycles. The van der Waals surface area contributed by atoms with Gasteiger partial charge in [-0.05, 0) is 36.4 Å². The number of fused-ring (bicyclic) bond motifs is 6. The molecule has 0 unspecified atom stereocenters. The zero-order valence-corrected chi connectivity index (χ0v) is 18.2. The van der Waals surface area contributed by atoms with Crippen LogP contribution in [0.4, 0.5) is 8.78 Å². The molecule has 2 aromatic heterocycles. The summed E-state index contributed by atoms with van der Waals surface area (Å²) in [6.45, 7) is 0. The Morgan fingerprint density at radius 3 is 1.42 bits per heavy atom. The first kappa shape index (κ1) is 18.9. The molecule has 0 aliphatic rings. The molecule has 4 aromatic carbocycles. The molecule has 2 heterocycles. The fourth-order valence-electron chi connectivity index (χ4n) is 4.15. The van der Waals surface area contributed by atoms with Gasteiger partial charge in [0.15, 0.2) is 0 Å². The van der Waals surface area contributed by atoms with Gasteiger partial charge in [-0.25, -0.2) is 17.2 Å². The van der Waals surface area contributed by atoms with Crippen LogP contribution in [0.1, 0.15) is 0 Å². The van der Waals surface area contributed by atoms with E-state index in [1.54, 1.807) is 36.4 Å². The van der Waals surface area contributed by atoms with E-state index in [2.05, 4.69) is 0 Å². The van der Waals surface area contributed by atoms with Crippen molar-refractivity contribution in [3.8, 4) is 0 Å². The first-order chi connectivity index (χ1) is 15.0. The van der Waals surface area contributed by atoms with Gasteiger partial charge in [0.1, 0.15) is 21.4 Å². The molecule has 0 aliphatic carbocycles. The summed E-state index contributed by atoms with van der Waals surface area (Å²) >= 11 is 2.77. The Labute approximate surface area is 183 Å². The summed E-state index contributed by atoms with van der Waals surface area (Å²) < 4.78 is 61.2. The van der Waals surface area contributed by atoms with Gasteiger partial charge in [-0.1, -0.05) is 36.4 Å². The molecule has 6 aromatic rings. The van der Waals surface area contributed by atoms with Crippen LogP contribution in [0.25, 0.3) is 40.3 Å². The highest BCUT2D eigenvalue weighted by molar-refractivity contribution is 7.92. The van der Waals surface area contributed by atoms with Gasteiger partial charge < -0.3 is 0 Å². The van der Waals surface area contributed by atoms with Crippen LogP contribution in [-0.2, 0) is 9.84 Å². The maximum atomic E-state index is 15.2. The number of hydrogen-bond donors (Lipinski definition) is 0. The highest BCUT2D eigenvalue weighted by Crippen LogP contribution is 2.44. The van der Waals surface area contributed by atoms with Crippen molar-refractivity contribution in [2.45, 2.75) is 9.79 Å². The van der Waals surface area contributed by atoms with E-state index in [1.165, 1.54) is 22.7 Å². The van der Waals surface area contributed by atoms with E-state index in [0.717, 1.165) is 21.5 Å². The topological polar surface area (TPSA) is 34.1 Å². The lowest BCUT2D eigenvalue weighted by Crippen LogP contribution is -2.08. The smallest absolute Gasteiger partial charge is 0.213 e. The van der Waals surface area contributed by atoms with Crippen LogP contribution in [0, 0.1) is 11.6 Å². The predicted molar refractivity (Wildman–Crippen MR) is 124 cm³/mol. The Morgan fingerprint density at radius 1 is 0.548 bits per heavy atom. The highest BCUT2D eigenvalue weighted by Gasteiger charge is 2.32. The summed E-state index contributed by atoms with van der Waals surface area (Å²) in [5.74, 6) is -1.76. The van der Waals surface area contributed by atoms with Crippen molar-refractivity contribution in [1.29, 1.82) is 0 Å². The summed E-state index contributed by atoms with van der Waals surface area (Å²) in [4.78, 5) is -0.937. The van der Waals surface area contributed by atoms with E-state index in [1.807, 2.05) is 24.3 Å². The van der Waals surface area contributed by atoms with Gasteiger partial charge in [-0.15, -0.1) is 22.7 Å². The fraction of sp³-hybridized carbons (Fsp3) is 0. The van der Waals surface area contributed by atoms with Gasteiger partial charge >= 0.3 is 0 Å². The lowest BCUT2D eigenvalue weighted by atomic mass is 10.1. The Bertz CT molecular complexity index is 1650. The number of thiophene rings is 2. The van der Waals surface area contributed by atoms with Crippen molar-refractivity contribution in [2.75, 3.05) is 0 Å². The molecular formula is C24H12F2O2S3. The van der Waals surface area contributed by atoms with Crippen LogP contribution >= 0.6 is 22.7 Å². The van der Waals surface area contributed by atoms with E-state index in [-0.39, 0.29) is 0 Å². The van der Waals surface area contributed by atoms with Gasteiger partial charge in [0.05, 0.1) is 0 Å². The van der Waals surface area contributed by atoms with Crippen LogP contribution in [0.3, 0.4) is 0 Å². The molecule has 2 nitrogen and oxygen atoms in total. The van der Waals surface area contributed by atoms with Crippen LogP contribution in [-0.4, -0.2) is 8.42 Å². The number of hydrogen-bond acceptors (Lipinski definition) is 4. The van der Waals surface area contributed by atoms with Crippen molar-refractivity contribution in [3.05, 3.63) is 84.4 Å². The first-order valence-corrected chi connectivity index (χ1v) is 12.5. The van der Waals surface area contributed by atoms with Crippen LogP contribution in [0.5, 0.6) is 0 Å². The molecule has 0 aliphatic heterocycles. The molecule has 0 bridgehead atoms. The van der Waals surface area contributed by atoms with E-state index in [9.17, 15) is 8.42 Å². The minimum absolute atomic E-state index is 0.302. The SMILES string of the molecule is O=S(=O)(c1c(F)ccc2sc3ccccc3c12)c1c(F)ccc2sc3ccccc3c12. The Kier molecular flexibility index (Phi) is 3.99. The van der Waals surface area contributed by atoms with Gasteiger partial charge in [0.25, 0.3) is 0 Å². The number of sulfone groups is 1. The predicted octanol–water partition coefficient (Wildman–Crippen LogP) is 7.53. The van der Waals surface area contributed by atoms with Crippen LogP contribution < -0.4 is 0 Å². The monoisotopic (exact) mass is 466 g/mol. The largest absolute Gasteiger partial charge is 0.218 e. The van der Waals surface area contributed by atoms with Crippen LogP contribution in [0.2, 0.25) is 0 Å². The molecule has 0 fully saturated rings. The van der Waals surface area contributed by atoms with E-state index < -0.39 is 31.3 Å². The number of halogens is 2. The fourth-order valence-corrected chi connectivity index (χ4v) is 8.33. The Hall–Kier alpha value is -2.87. The average molecular weight is 467 g/mol. The molecule has 152 valence electrons. The normalized spacial score (nSPS) is 12.5. The lowest BCUT2D eigenvalue weighted by molar-refractivity contribution is 0.557. The third kappa shape index (κ3) is 2.60. The van der Waals surface area contributed by atoms with Crippen molar-refractivity contribution >= 4 is 72.9 Å². The molecule has 0 saturated carbocycles. The summed E-state index contributed by atoms with van der Waals surface area (Å²) in [5, 5.41) is 1.89. The molecule has 0 N–H and O–H groups in total. The second-order valence-electron chi connectivity index (χ2n) is 7.20. The van der Waals surface area contributed by atoms with Gasteiger partial charge in [-0.3, -0.25) is 0 Å². The minimum atomic E-state index is -4.51. The van der Waals surface area contributed by atoms with Crippen molar-refractivity contribution in [3.63, 3.8) is 0 Å².